The van der Waals surface area contributed by atoms with Crippen molar-refractivity contribution in [2.24, 2.45) is 0 Å². The number of ether oxygens (including phenoxy) is 2. The lowest BCUT2D eigenvalue weighted by molar-refractivity contribution is -0.872. The van der Waals surface area contributed by atoms with Crippen LogP contribution in [0.3, 0.4) is 0 Å². The fraction of sp³-hybridized carbons (Fsp3) is 0.250. The maximum atomic E-state index is 12.0. The van der Waals surface area contributed by atoms with Crippen molar-refractivity contribution in [1.29, 1.82) is 0 Å². The van der Waals surface area contributed by atoms with E-state index < -0.39 is 0 Å². The van der Waals surface area contributed by atoms with E-state index in [4.69, 9.17) is 21.1 Å². The number of carbonyl (C=O) groups excluding carboxylic acids is 1. The van der Waals surface area contributed by atoms with Crippen LogP contribution >= 0.6 is 11.6 Å². The van der Waals surface area contributed by atoms with Crippen molar-refractivity contribution in [3.8, 4) is 11.5 Å². The minimum absolute atomic E-state index is 0.164. The molecule has 26 heavy (non-hydrogen) atoms. The highest BCUT2D eigenvalue weighted by molar-refractivity contribution is 6.32. The number of benzene rings is 2. The van der Waals surface area contributed by atoms with E-state index in [1.54, 1.807) is 18.2 Å². The molecule has 0 saturated carbocycles. The molecule has 3 rings (SSSR count). The largest absolute Gasteiger partial charge is 0.454 e. The molecule has 1 heterocycles. The number of nitrogens with one attached hydrogen (secondary N) is 2. The second-order valence-corrected chi connectivity index (χ2v) is 6.90. The van der Waals surface area contributed by atoms with Gasteiger partial charge in [0.2, 0.25) is 12.7 Å². The van der Waals surface area contributed by atoms with Gasteiger partial charge < -0.3 is 19.7 Å². The van der Waals surface area contributed by atoms with Crippen LogP contribution in [0.2, 0.25) is 5.02 Å². The number of hydrogen-bond acceptors (Lipinski definition) is 3. The fourth-order valence-corrected chi connectivity index (χ4v) is 2.96. The van der Waals surface area contributed by atoms with Gasteiger partial charge in [-0.3, -0.25) is 4.79 Å². The first-order chi connectivity index (χ1) is 12.5. The van der Waals surface area contributed by atoms with Crippen LogP contribution in [-0.2, 0) is 17.9 Å². The van der Waals surface area contributed by atoms with E-state index in [9.17, 15) is 4.79 Å². The Morgan fingerprint density at radius 2 is 1.92 bits per heavy atom. The molecule has 2 aromatic rings. The van der Waals surface area contributed by atoms with Crippen LogP contribution in [0.1, 0.15) is 16.7 Å². The first-order valence-electron chi connectivity index (χ1n) is 8.43. The number of carbonyl (C=O) groups is 1. The van der Waals surface area contributed by atoms with Crippen LogP contribution in [-0.4, -0.2) is 26.8 Å². The molecule has 0 aromatic heterocycles. The lowest BCUT2D eigenvalue weighted by Gasteiger charge is -2.08. The average molecular weight is 374 g/mol. The lowest BCUT2D eigenvalue weighted by Crippen LogP contribution is -3.04. The molecule has 2 aromatic carbocycles. The third kappa shape index (κ3) is 4.77. The Balaban J connectivity index is 1.54. The molecule has 1 aliphatic rings. The molecule has 136 valence electrons. The molecule has 0 saturated heterocycles. The van der Waals surface area contributed by atoms with Gasteiger partial charge in [-0.2, -0.15) is 0 Å². The van der Waals surface area contributed by atoms with Crippen LogP contribution in [0.5, 0.6) is 11.5 Å². The summed E-state index contributed by atoms with van der Waals surface area (Å²) in [6.07, 6.45) is 3.18. The Bertz CT molecular complexity index is 817. The van der Waals surface area contributed by atoms with Gasteiger partial charge in [0, 0.05) is 18.2 Å². The highest BCUT2D eigenvalue weighted by Crippen LogP contribution is 2.40. The highest BCUT2D eigenvalue weighted by Gasteiger charge is 2.17. The molecule has 0 fully saturated rings. The van der Waals surface area contributed by atoms with Gasteiger partial charge in [0.15, 0.2) is 11.5 Å². The van der Waals surface area contributed by atoms with E-state index in [1.807, 2.05) is 12.1 Å². The highest BCUT2D eigenvalue weighted by atomic mass is 35.5. The van der Waals surface area contributed by atoms with Gasteiger partial charge in [-0.05, 0) is 29.3 Å². The van der Waals surface area contributed by atoms with E-state index in [0.29, 0.717) is 23.1 Å². The zero-order valence-corrected chi connectivity index (χ0v) is 15.6. The molecule has 0 spiro atoms. The number of fused-ring (bicyclic) bond motifs is 1. The van der Waals surface area contributed by atoms with Crippen LogP contribution < -0.4 is 19.7 Å². The smallest absolute Gasteiger partial charge is 0.244 e. The topological polar surface area (TPSA) is 52.0 Å². The standard InChI is InChI=1S/C20H21ClN2O3/c1-23(2)12-15-5-3-14(4-6-15)11-22-19(24)8-7-16-9-17(21)20-18(10-16)25-13-26-20/h3-10H,11-13H2,1-2H3,(H,22,24)/p+1/b8-7+. The van der Waals surface area contributed by atoms with E-state index >= 15 is 0 Å². The summed E-state index contributed by atoms with van der Waals surface area (Å²) in [6.45, 7) is 1.63. The van der Waals surface area contributed by atoms with Crippen molar-refractivity contribution in [3.05, 3.63) is 64.2 Å². The van der Waals surface area contributed by atoms with E-state index in [-0.39, 0.29) is 12.7 Å². The molecule has 0 aliphatic carbocycles. The van der Waals surface area contributed by atoms with Gasteiger partial charge in [0.05, 0.1) is 19.1 Å². The Morgan fingerprint density at radius 3 is 2.65 bits per heavy atom. The van der Waals surface area contributed by atoms with Crippen LogP contribution in [0.15, 0.2) is 42.5 Å². The average Bonchev–Trinajstić information content (AvgIpc) is 3.08. The first kappa shape index (κ1) is 18.3. The van der Waals surface area contributed by atoms with Crippen molar-refractivity contribution in [2.45, 2.75) is 13.1 Å². The number of quaternary nitrogens is 1. The zero-order valence-electron chi connectivity index (χ0n) is 14.8. The summed E-state index contributed by atoms with van der Waals surface area (Å²) in [6, 6.07) is 11.8. The predicted octanol–water partition coefficient (Wildman–Crippen LogP) is 2.04. The summed E-state index contributed by atoms with van der Waals surface area (Å²) in [7, 11) is 4.24. The number of amides is 1. The van der Waals surface area contributed by atoms with Crippen LogP contribution in [0.25, 0.3) is 6.08 Å². The molecule has 0 radical (unpaired) electrons. The SMILES string of the molecule is C[NH+](C)Cc1ccc(CNC(=O)/C=C/c2cc(Cl)c3c(c2)OCO3)cc1. The Morgan fingerprint density at radius 1 is 1.19 bits per heavy atom. The van der Waals surface area contributed by atoms with Gasteiger partial charge in [-0.25, -0.2) is 0 Å². The monoisotopic (exact) mass is 373 g/mol. The molecule has 6 heteroatoms. The second-order valence-electron chi connectivity index (χ2n) is 6.49. The number of rotatable bonds is 6. The first-order valence-corrected chi connectivity index (χ1v) is 8.81. The molecule has 1 aliphatic heterocycles. The van der Waals surface area contributed by atoms with Crippen molar-refractivity contribution in [2.75, 3.05) is 20.9 Å². The summed E-state index contributed by atoms with van der Waals surface area (Å²) in [5.41, 5.74) is 3.12. The Kier molecular flexibility index (Phi) is 5.81. The maximum Gasteiger partial charge on any atom is 0.244 e. The van der Waals surface area contributed by atoms with Crippen molar-refractivity contribution in [3.63, 3.8) is 0 Å². The van der Waals surface area contributed by atoms with E-state index in [1.165, 1.54) is 16.5 Å². The van der Waals surface area contributed by atoms with Crippen molar-refractivity contribution in [1.82, 2.24) is 5.32 Å². The van der Waals surface area contributed by atoms with Gasteiger partial charge in [-0.15, -0.1) is 0 Å². The molecule has 0 unspecified atom stereocenters. The number of halogens is 1. The lowest BCUT2D eigenvalue weighted by atomic mass is 10.1. The van der Waals surface area contributed by atoms with Crippen molar-refractivity contribution < 1.29 is 19.2 Å². The summed E-state index contributed by atoms with van der Waals surface area (Å²) >= 11 is 6.13. The summed E-state index contributed by atoms with van der Waals surface area (Å²) < 4.78 is 10.6. The molecule has 5 nitrogen and oxygen atoms in total. The molecule has 2 N–H and O–H groups in total. The fourth-order valence-electron chi connectivity index (χ4n) is 2.69. The third-order valence-electron chi connectivity index (χ3n) is 3.92. The van der Waals surface area contributed by atoms with Gasteiger partial charge in [0.25, 0.3) is 0 Å². The molecule has 1 amide bonds. The quantitative estimate of drug-likeness (QED) is 0.762. The van der Waals surface area contributed by atoms with Crippen molar-refractivity contribution >= 4 is 23.6 Å². The third-order valence-corrected chi connectivity index (χ3v) is 4.20. The van der Waals surface area contributed by atoms with E-state index in [2.05, 4.69) is 31.5 Å². The van der Waals surface area contributed by atoms with E-state index in [0.717, 1.165) is 17.7 Å². The maximum absolute atomic E-state index is 12.0. The van der Waals surface area contributed by atoms with Crippen LogP contribution in [0.4, 0.5) is 0 Å². The molecule has 0 bridgehead atoms. The minimum Gasteiger partial charge on any atom is -0.454 e. The number of hydrogen-bond donors (Lipinski definition) is 2. The summed E-state index contributed by atoms with van der Waals surface area (Å²) in [4.78, 5) is 13.4. The van der Waals surface area contributed by atoms with Gasteiger partial charge >= 0.3 is 0 Å². The summed E-state index contributed by atoms with van der Waals surface area (Å²) in [5, 5.41) is 3.35. The molecule has 0 atom stereocenters. The van der Waals surface area contributed by atoms with Gasteiger partial charge in [-0.1, -0.05) is 35.9 Å². The van der Waals surface area contributed by atoms with Gasteiger partial charge in [0.1, 0.15) is 6.54 Å². The predicted molar refractivity (Wildman–Crippen MR) is 101 cm³/mol. The summed E-state index contributed by atoms with van der Waals surface area (Å²) in [5.74, 6) is 0.977. The van der Waals surface area contributed by atoms with Crippen LogP contribution in [0, 0.1) is 0 Å². The molecular weight excluding hydrogens is 352 g/mol. The normalized spacial score (nSPS) is 12.8. The molecular formula is C20H22ClN2O3+. The zero-order chi connectivity index (χ0) is 18.5. The Hall–Kier alpha value is -2.50. The Labute approximate surface area is 158 Å². The second kappa shape index (κ2) is 8.25. The minimum atomic E-state index is -0.166.